The fourth-order valence-corrected chi connectivity index (χ4v) is 3.11. The maximum Gasteiger partial charge on any atom is 0.261 e. The van der Waals surface area contributed by atoms with Crippen LogP contribution in [0.4, 0.5) is 0 Å². The van der Waals surface area contributed by atoms with Gasteiger partial charge in [0.05, 0.1) is 10.9 Å². The number of para-hydroxylation sites is 2. The van der Waals surface area contributed by atoms with Crippen LogP contribution in [0.1, 0.15) is 11.4 Å². The monoisotopic (exact) mass is 303 g/mol. The summed E-state index contributed by atoms with van der Waals surface area (Å²) in [6.07, 6.45) is 2.82. The van der Waals surface area contributed by atoms with Gasteiger partial charge < -0.3 is 4.98 Å². The van der Waals surface area contributed by atoms with E-state index in [4.69, 9.17) is 0 Å². The van der Waals surface area contributed by atoms with Crippen LogP contribution in [0.25, 0.3) is 21.8 Å². The molecule has 0 aliphatic heterocycles. The third kappa shape index (κ3) is 2.32. The Morgan fingerprint density at radius 2 is 1.78 bits per heavy atom. The molecule has 4 nitrogen and oxygen atoms in total. The second-order valence-corrected chi connectivity index (χ2v) is 5.74. The van der Waals surface area contributed by atoms with Crippen molar-refractivity contribution in [2.24, 2.45) is 0 Å². The fraction of sp³-hybridized carbons (Fsp3) is 0.158. The number of H-pyrrole nitrogens is 1. The van der Waals surface area contributed by atoms with Crippen LogP contribution in [0.3, 0.4) is 0 Å². The van der Waals surface area contributed by atoms with Crippen molar-refractivity contribution < 1.29 is 0 Å². The minimum absolute atomic E-state index is 0.0351. The smallest absolute Gasteiger partial charge is 0.261 e. The Morgan fingerprint density at radius 1 is 1.04 bits per heavy atom. The van der Waals surface area contributed by atoms with Crippen LogP contribution in [0, 0.1) is 6.92 Å². The van der Waals surface area contributed by atoms with Gasteiger partial charge in [0, 0.05) is 23.6 Å². The zero-order chi connectivity index (χ0) is 15.8. The number of benzene rings is 2. The van der Waals surface area contributed by atoms with Crippen molar-refractivity contribution in [1.29, 1.82) is 0 Å². The quantitative estimate of drug-likeness (QED) is 0.630. The van der Waals surface area contributed by atoms with E-state index in [2.05, 4.69) is 22.1 Å². The minimum Gasteiger partial charge on any atom is -0.361 e. The van der Waals surface area contributed by atoms with Crippen LogP contribution in [0.2, 0.25) is 0 Å². The zero-order valence-electron chi connectivity index (χ0n) is 12.9. The lowest BCUT2D eigenvalue weighted by Gasteiger charge is -2.10. The van der Waals surface area contributed by atoms with Crippen LogP contribution in [0.5, 0.6) is 0 Å². The molecule has 1 N–H and O–H groups in total. The second-order valence-electron chi connectivity index (χ2n) is 5.74. The molecule has 0 bridgehead atoms. The molecule has 0 spiro atoms. The second kappa shape index (κ2) is 5.39. The Balaban J connectivity index is 1.72. The number of aromatic nitrogens is 3. The standard InChI is InChI=1S/C19H17N3O/c1-13-21-18-9-5-3-7-16(18)19(23)22(13)11-10-14-12-20-17-8-4-2-6-15(14)17/h2-9,12,20H,10-11H2,1H3. The van der Waals surface area contributed by atoms with Gasteiger partial charge in [-0.3, -0.25) is 9.36 Å². The first-order valence-corrected chi connectivity index (χ1v) is 7.75. The average molecular weight is 303 g/mol. The first-order valence-electron chi connectivity index (χ1n) is 7.75. The van der Waals surface area contributed by atoms with Crippen LogP contribution in [-0.2, 0) is 13.0 Å². The molecule has 4 rings (SSSR count). The van der Waals surface area contributed by atoms with Crippen molar-refractivity contribution in [3.63, 3.8) is 0 Å². The van der Waals surface area contributed by atoms with E-state index >= 15 is 0 Å². The summed E-state index contributed by atoms with van der Waals surface area (Å²) in [5.41, 5.74) is 3.15. The van der Waals surface area contributed by atoms with Gasteiger partial charge >= 0.3 is 0 Å². The topological polar surface area (TPSA) is 50.7 Å². The molecular weight excluding hydrogens is 286 g/mol. The molecule has 114 valence electrons. The number of nitrogens with one attached hydrogen (secondary N) is 1. The molecular formula is C19H17N3O. The van der Waals surface area contributed by atoms with Crippen LogP contribution in [0.15, 0.2) is 59.5 Å². The molecule has 0 saturated heterocycles. The molecule has 0 amide bonds. The summed E-state index contributed by atoms with van der Waals surface area (Å²) in [5, 5.41) is 1.89. The van der Waals surface area contributed by atoms with Gasteiger partial charge in [-0.2, -0.15) is 0 Å². The number of aromatic amines is 1. The van der Waals surface area contributed by atoms with Gasteiger partial charge in [0.25, 0.3) is 5.56 Å². The molecule has 0 saturated carbocycles. The summed E-state index contributed by atoms with van der Waals surface area (Å²) in [6, 6.07) is 15.7. The third-order valence-electron chi connectivity index (χ3n) is 4.33. The van der Waals surface area contributed by atoms with Gasteiger partial charge in [-0.15, -0.1) is 0 Å². The van der Waals surface area contributed by atoms with Gasteiger partial charge in [-0.1, -0.05) is 30.3 Å². The first kappa shape index (κ1) is 13.8. The summed E-state index contributed by atoms with van der Waals surface area (Å²) >= 11 is 0. The maximum atomic E-state index is 12.7. The highest BCUT2D eigenvalue weighted by atomic mass is 16.1. The van der Waals surface area contributed by atoms with E-state index in [0.717, 1.165) is 23.3 Å². The highest BCUT2D eigenvalue weighted by molar-refractivity contribution is 5.83. The van der Waals surface area contributed by atoms with E-state index in [1.165, 1.54) is 10.9 Å². The lowest BCUT2D eigenvalue weighted by molar-refractivity contribution is 0.640. The molecule has 4 aromatic rings. The molecule has 0 aliphatic carbocycles. The lowest BCUT2D eigenvalue weighted by atomic mass is 10.1. The van der Waals surface area contributed by atoms with Gasteiger partial charge in [0.15, 0.2) is 0 Å². The predicted molar refractivity (Wildman–Crippen MR) is 92.7 cm³/mol. The summed E-state index contributed by atoms with van der Waals surface area (Å²) < 4.78 is 1.77. The molecule has 0 aliphatic rings. The Bertz CT molecular complexity index is 1060. The van der Waals surface area contributed by atoms with Crippen molar-refractivity contribution in [2.75, 3.05) is 0 Å². The molecule has 23 heavy (non-hydrogen) atoms. The Labute approximate surface area is 133 Å². The Morgan fingerprint density at radius 3 is 2.65 bits per heavy atom. The minimum atomic E-state index is 0.0351. The SMILES string of the molecule is Cc1nc2ccccc2c(=O)n1CCc1c[nH]c2ccccc12. The van der Waals surface area contributed by atoms with Crippen LogP contribution in [-0.4, -0.2) is 14.5 Å². The van der Waals surface area contributed by atoms with Gasteiger partial charge in [-0.05, 0) is 37.1 Å². The molecule has 0 radical (unpaired) electrons. The molecule has 0 fully saturated rings. The maximum absolute atomic E-state index is 12.7. The van der Waals surface area contributed by atoms with Gasteiger partial charge in [0.1, 0.15) is 5.82 Å². The van der Waals surface area contributed by atoms with E-state index in [1.807, 2.05) is 49.5 Å². The zero-order valence-corrected chi connectivity index (χ0v) is 12.9. The van der Waals surface area contributed by atoms with Crippen molar-refractivity contribution in [1.82, 2.24) is 14.5 Å². The van der Waals surface area contributed by atoms with E-state index in [-0.39, 0.29) is 5.56 Å². The third-order valence-corrected chi connectivity index (χ3v) is 4.33. The Hall–Kier alpha value is -2.88. The molecule has 4 heteroatoms. The molecule has 2 aromatic heterocycles. The summed E-state index contributed by atoms with van der Waals surface area (Å²) in [7, 11) is 0. The molecule has 0 unspecified atom stereocenters. The fourth-order valence-electron chi connectivity index (χ4n) is 3.11. The molecule has 0 atom stereocenters. The first-order chi connectivity index (χ1) is 11.2. The van der Waals surface area contributed by atoms with E-state index in [9.17, 15) is 4.79 Å². The van der Waals surface area contributed by atoms with Crippen molar-refractivity contribution >= 4 is 21.8 Å². The van der Waals surface area contributed by atoms with E-state index < -0.39 is 0 Å². The molecule has 2 heterocycles. The summed E-state index contributed by atoms with van der Waals surface area (Å²) in [6.45, 7) is 2.52. The highest BCUT2D eigenvalue weighted by Crippen LogP contribution is 2.18. The largest absolute Gasteiger partial charge is 0.361 e. The van der Waals surface area contributed by atoms with E-state index in [0.29, 0.717) is 11.9 Å². The van der Waals surface area contributed by atoms with Crippen LogP contribution >= 0.6 is 0 Å². The lowest BCUT2D eigenvalue weighted by Crippen LogP contribution is -2.24. The normalized spacial score (nSPS) is 11.3. The molecule has 2 aromatic carbocycles. The number of hydrogen-bond donors (Lipinski definition) is 1. The average Bonchev–Trinajstić information content (AvgIpc) is 2.98. The highest BCUT2D eigenvalue weighted by Gasteiger charge is 2.09. The van der Waals surface area contributed by atoms with E-state index in [1.54, 1.807) is 4.57 Å². The number of rotatable bonds is 3. The Kier molecular flexibility index (Phi) is 3.23. The predicted octanol–water partition coefficient (Wildman–Crippen LogP) is 3.43. The van der Waals surface area contributed by atoms with Crippen LogP contribution < -0.4 is 5.56 Å². The number of nitrogens with zero attached hydrogens (tertiary/aromatic N) is 2. The van der Waals surface area contributed by atoms with Crippen molar-refractivity contribution in [3.05, 3.63) is 76.5 Å². The summed E-state index contributed by atoms with van der Waals surface area (Å²) in [5.74, 6) is 0.758. The summed E-state index contributed by atoms with van der Waals surface area (Å²) in [4.78, 5) is 20.5. The van der Waals surface area contributed by atoms with Crippen molar-refractivity contribution in [2.45, 2.75) is 19.9 Å². The number of aryl methyl sites for hydroxylation is 2. The van der Waals surface area contributed by atoms with Gasteiger partial charge in [-0.25, -0.2) is 4.98 Å². The number of hydrogen-bond acceptors (Lipinski definition) is 2. The van der Waals surface area contributed by atoms with Crippen molar-refractivity contribution in [3.8, 4) is 0 Å². The number of fused-ring (bicyclic) bond motifs is 2. The van der Waals surface area contributed by atoms with Gasteiger partial charge in [0.2, 0.25) is 0 Å².